The van der Waals surface area contributed by atoms with Crippen LogP contribution in [0.25, 0.3) is 0 Å². The number of carbonyl (C=O) groups excluding carboxylic acids is 3. The highest BCUT2D eigenvalue weighted by atomic mass is 16.5. The molecule has 2 saturated carbocycles. The van der Waals surface area contributed by atoms with Gasteiger partial charge in [0.1, 0.15) is 17.9 Å². The van der Waals surface area contributed by atoms with E-state index in [2.05, 4.69) is 10.2 Å². The summed E-state index contributed by atoms with van der Waals surface area (Å²) in [6.07, 6.45) is 12.7. The van der Waals surface area contributed by atoms with Crippen LogP contribution >= 0.6 is 0 Å². The van der Waals surface area contributed by atoms with Gasteiger partial charge in [-0.1, -0.05) is 38.5 Å². The Labute approximate surface area is 207 Å². The number of hydrogen-bond donors (Lipinski definition) is 1. The number of fused-ring (bicyclic) bond motifs is 1. The molecule has 2 aliphatic carbocycles. The minimum atomic E-state index is -0.580. The first-order valence-electron chi connectivity index (χ1n) is 13.7. The number of rotatable bonds is 5. The van der Waals surface area contributed by atoms with Crippen molar-refractivity contribution >= 4 is 17.7 Å². The SMILES string of the molecule is O=C1CCC(N2Cc3cc(O[C@H]4CCCC[C@H]4N4CC(C5CCCCC5)C4)ccc3C2=O)C(=O)N1. The van der Waals surface area contributed by atoms with Gasteiger partial charge in [0.2, 0.25) is 11.8 Å². The van der Waals surface area contributed by atoms with E-state index in [0.717, 1.165) is 29.6 Å². The van der Waals surface area contributed by atoms with E-state index in [9.17, 15) is 14.4 Å². The van der Waals surface area contributed by atoms with Gasteiger partial charge in [-0.05, 0) is 61.3 Å². The molecule has 3 aliphatic heterocycles. The highest BCUT2D eigenvalue weighted by Gasteiger charge is 2.42. The van der Waals surface area contributed by atoms with Gasteiger partial charge in [-0.3, -0.25) is 24.6 Å². The van der Waals surface area contributed by atoms with Crippen molar-refractivity contribution in [3.63, 3.8) is 0 Å². The van der Waals surface area contributed by atoms with E-state index in [0.29, 0.717) is 24.6 Å². The molecule has 1 N–H and O–H groups in total. The zero-order valence-electron chi connectivity index (χ0n) is 20.5. The van der Waals surface area contributed by atoms with Crippen LogP contribution in [0.4, 0.5) is 0 Å². The van der Waals surface area contributed by atoms with Crippen LogP contribution in [-0.2, 0) is 16.1 Å². The Morgan fingerprint density at radius 1 is 0.857 bits per heavy atom. The van der Waals surface area contributed by atoms with Crippen molar-refractivity contribution in [3.05, 3.63) is 29.3 Å². The standard InChI is InChI=1S/C28H37N3O4/c32-26-13-12-24(27(33)29-26)31-17-19-14-21(10-11-22(19)28(31)34)35-25-9-5-4-8-23(25)30-15-20(16-30)18-6-2-1-3-7-18/h10-11,14,18,20,23-25H,1-9,12-13,15-17H2,(H,29,32,33)/t23-,24?,25+/m1/s1. The first kappa shape index (κ1) is 23.0. The number of nitrogens with one attached hydrogen (secondary N) is 1. The Morgan fingerprint density at radius 3 is 2.43 bits per heavy atom. The highest BCUT2D eigenvalue weighted by molar-refractivity contribution is 6.05. The highest BCUT2D eigenvalue weighted by Crippen LogP contribution is 2.39. The van der Waals surface area contributed by atoms with Crippen LogP contribution in [-0.4, -0.2) is 58.8 Å². The van der Waals surface area contributed by atoms with E-state index in [-0.39, 0.29) is 30.2 Å². The van der Waals surface area contributed by atoms with E-state index < -0.39 is 6.04 Å². The summed E-state index contributed by atoms with van der Waals surface area (Å²) in [4.78, 5) is 41.1. The zero-order valence-corrected chi connectivity index (χ0v) is 20.5. The predicted molar refractivity (Wildman–Crippen MR) is 131 cm³/mol. The molecule has 0 bridgehead atoms. The van der Waals surface area contributed by atoms with Crippen molar-refractivity contribution in [3.8, 4) is 5.75 Å². The van der Waals surface area contributed by atoms with Crippen molar-refractivity contribution in [2.45, 2.75) is 95.4 Å². The Morgan fingerprint density at radius 2 is 1.63 bits per heavy atom. The van der Waals surface area contributed by atoms with Crippen molar-refractivity contribution < 1.29 is 19.1 Å². The summed E-state index contributed by atoms with van der Waals surface area (Å²) in [5.41, 5.74) is 1.55. The first-order chi connectivity index (χ1) is 17.1. The van der Waals surface area contributed by atoms with E-state index in [1.165, 1.54) is 64.5 Å². The number of piperidine rings is 1. The van der Waals surface area contributed by atoms with Crippen LogP contribution in [0.2, 0.25) is 0 Å². The number of hydrogen-bond acceptors (Lipinski definition) is 5. The van der Waals surface area contributed by atoms with Gasteiger partial charge in [-0.15, -0.1) is 0 Å². The Bertz CT molecular complexity index is 998. The molecule has 7 nitrogen and oxygen atoms in total. The number of amides is 3. The number of benzene rings is 1. The molecule has 3 amide bonds. The molecular weight excluding hydrogens is 442 g/mol. The molecule has 7 heteroatoms. The molecule has 0 spiro atoms. The Balaban J connectivity index is 1.10. The number of imide groups is 1. The van der Waals surface area contributed by atoms with Crippen LogP contribution in [0.15, 0.2) is 18.2 Å². The monoisotopic (exact) mass is 479 g/mol. The van der Waals surface area contributed by atoms with Gasteiger partial charge in [-0.25, -0.2) is 0 Å². The second-order valence-electron chi connectivity index (χ2n) is 11.3. The summed E-state index contributed by atoms with van der Waals surface area (Å²) in [6.45, 7) is 2.85. The summed E-state index contributed by atoms with van der Waals surface area (Å²) in [5, 5.41) is 2.37. The molecule has 35 heavy (non-hydrogen) atoms. The van der Waals surface area contributed by atoms with Crippen LogP contribution < -0.4 is 10.1 Å². The Kier molecular flexibility index (Phi) is 6.29. The molecule has 3 heterocycles. The fourth-order valence-corrected chi connectivity index (χ4v) is 7.15. The van der Waals surface area contributed by atoms with Gasteiger partial charge < -0.3 is 9.64 Å². The summed E-state index contributed by atoms with van der Waals surface area (Å²) < 4.78 is 6.59. The molecular formula is C28H37N3O4. The van der Waals surface area contributed by atoms with E-state index in [1.54, 1.807) is 4.90 Å². The Hall–Kier alpha value is -2.41. The van der Waals surface area contributed by atoms with Gasteiger partial charge in [0.25, 0.3) is 5.91 Å². The zero-order chi connectivity index (χ0) is 23.9. The van der Waals surface area contributed by atoms with E-state index in [1.807, 2.05) is 18.2 Å². The van der Waals surface area contributed by atoms with Crippen molar-refractivity contribution in [1.29, 1.82) is 0 Å². The average Bonchev–Trinajstić information content (AvgIpc) is 3.15. The molecule has 6 rings (SSSR count). The lowest BCUT2D eigenvalue weighted by molar-refractivity contribution is -0.136. The second kappa shape index (κ2) is 9.57. The van der Waals surface area contributed by atoms with E-state index >= 15 is 0 Å². The third kappa shape index (κ3) is 4.48. The van der Waals surface area contributed by atoms with Crippen LogP contribution in [0.5, 0.6) is 5.75 Å². The molecule has 1 unspecified atom stereocenters. The fourth-order valence-electron chi connectivity index (χ4n) is 7.15. The van der Waals surface area contributed by atoms with Gasteiger partial charge in [-0.2, -0.15) is 0 Å². The molecule has 0 radical (unpaired) electrons. The molecule has 0 aromatic heterocycles. The number of likely N-dealkylation sites (tertiary alicyclic amines) is 1. The average molecular weight is 480 g/mol. The van der Waals surface area contributed by atoms with E-state index in [4.69, 9.17) is 4.74 Å². The van der Waals surface area contributed by atoms with Crippen LogP contribution in [0, 0.1) is 11.8 Å². The molecule has 1 aromatic carbocycles. The summed E-state index contributed by atoms with van der Waals surface area (Å²) in [5.74, 6) is 1.87. The van der Waals surface area contributed by atoms with Gasteiger partial charge in [0, 0.05) is 37.7 Å². The van der Waals surface area contributed by atoms with Crippen molar-refractivity contribution in [2.75, 3.05) is 13.1 Å². The maximum Gasteiger partial charge on any atom is 0.255 e. The molecule has 188 valence electrons. The molecule has 1 aromatic rings. The maximum atomic E-state index is 13.0. The number of ether oxygens (including phenoxy) is 1. The normalized spacial score (nSPS) is 30.7. The minimum absolute atomic E-state index is 0.133. The predicted octanol–water partition coefficient (Wildman–Crippen LogP) is 3.65. The largest absolute Gasteiger partial charge is 0.489 e. The lowest BCUT2D eigenvalue weighted by Gasteiger charge is -2.51. The summed E-state index contributed by atoms with van der Waals surface area (Å²) in [6, 6.07) is 5.66. The topological polar surface area (TPSA) is 79.0 Å². The smallest absolute Gasteiger partial charge is 0.255 e. The van der Waals surface area contributed by atoms with Gasteiger partial charge in [0.15, 0.2) is 0 Å². The lowest BCUT2D eigenvalue weighted by Crippen LogP contribution is -2.59. The van der Waals surface area contributed by atoms with Crippen molar-refractivity contribution in [1.82, 2.24) is 15.1 Å². The van der Waals surface area contributed by atoms with Crippen molar-refractivity contribution in [2.24, 2.45) is 11.8 Å². The summed E-state index contributed by atoms with van der Waals surface area (Å²) >= 11 is 0. The molecule has 4 fully saturated rings. The fraction of sp³-hybridized carbons (Fsp3) is 0.679. The van der Waals surface area contributed by atoms with Crippen LogP contribution in [0.3, 0.4) is 0 Å². The minimum Gasteiger partial charge on any atom is -0.489 e. The number of nitrogens with zero attached hydrogens (tertiary/aromatic N) is 2. The molecule has 5 aliphatic rings. The summed E-state index contributed by atoms with van der Waals surface area (Å²) in [7, 11) is 0. The lowest BCUT2D eigenvalue weighted by atomic mass is 9.75. The molecule has 3 atom stereocenters. The third-order valence-corrected chi connectivity index (χ3v) is 9.17. The van der Waals surface area contributed by atoms with Gasteiger partial charge in [0.05, 0.1) is 0 Å². The maximum absolute atomic E-state index is 13.0. The third-order valence-electron chi connectivity index (χ3n) is 9.17. The quantitative estimate of drug-likeness (QED) is 0.653. The van der Waals surface area contributed by atoms with Crippen LogP contribution in [0.1, 0.15) is 86.6 Å². The van der Waals surface area contributed by atoms with Gasteiger partial charge >= 0.3 is 0 Å². The molecule has 2 saturated heterocycles. The number of carbonyl (C=O) groups is 3. The second-order valence-corrected chi connectivity index (χ2v) is 11.3. The first-order valence-corrected chi connectivity index (χ1v) is 13.7.